The van der Waals surface area contributed by atoms with E-state index in [0.717, 1.165) is 24.3 Å². The Balaban J connectivity index is 2.13. The number of rotatable bonds is 6. The van der Waals surface area contributed by atoms with Crippen LogP contribution in [0.4, 0.5) is 10.1 Å². The maximum Gasteiger partial charge on any atom is 0.146 e. The molecular formula is C16H25FN2OS. The van der Waals surface area contributed by atoms with Crippen LogP contribution in [0.3, 0.4) is 0 Å². The maximum atomic E-state index is 13.3. The first-order chi connectivity index (χ1) is 9.77. The van der Waals surface area contributed by atoms with E-state index >= 15 is 0 Å². The fourth-order valence-corrected chi connectivity index (χ4v) is 3.05. The molecule has 2 rings (SSSR count). The number of nitrogens with one attached hydrogen (secondary N) is 1. The average molecular weight is 312 g/mol. The molecule has 5 heteroatoms. The highest BCUT2D eigenvalue weighted by Crippen LogP contribution is 2.36. The summed E-state index contributed by atoms with van der Waals surface area (Å²) >= 11 is 0. The van der Waals surface area contributed by atoms with Crippen LogP contribution in [0.5, 0.6) is 0 Å². The molecule has 1 fully saturated rings. The quantitative estimate of drug-likeness (QED) is 0.787. The minimum Gasteiger partial charge on any atom is -0.396 e. The van der Waals surface area contributed by atoms with Gasteiger partial charge in [0.25, 0.3) is 0 Å². The first-order valence-electron chi connectivity index (χ1n) is 7.50. The molecule has 0 radical (unpaired) electrons. The first-order valence-corrected chi connectivity index (χ1v) is 8.65. The number of nitrogen functional groups attached to an aromatic ring is 1. The van der Waals surface area contributed by atoms with Crippen LogP contribution in [-0.4, -0.2) is 8.96 Å². The number of halogens is 1. The third-order valence-electron chi connectivity index (χ3n) is 3.79. The van der Waals surface area contributed by atoms with Crippen LogP contribution in [0.2, 0.25) is 0 Å². The van der Waals surface area contributed by atoms with Crippen molar-refractivity contribution in [3.8, 4) is 0 Å². The SMILES string of the molecule is CC(C)(C)S(=O)N[C@@H](CCC1CC1)c1ccc(F)c(N)c1. The predicted molar refractivity (Wildman–Crippen MR) is 86.5 cm³/mol. The Morgan fingerprint density at radius 2 is 2.10 bits per heavy atom. The number of hydrogen-bond donors (Lipinski definition) is 2. The summed E-state index contributed by atoms with van der Waals surface area (Å²) in [6, 6.07) is 4.72. The molecule has 21 heavy (non-hydrogen) atoms. The zero-order valence-electron chi connectivity index (χ0n) is 13.0. The molecule has 0 aromatic heterocycles. The zero-order valence-corrected chi connectivity index (χ0v) is 13.8. The lowest BCUT2D eigenvalue weighted by Gasteiger charge is -2.25. The van der Waals surface area contributed by atoms with E-state index < -0.39 is 16.8 Å². The van der Waals surface area contributed by atoms with Crippen LogP contribution in [0, 0.1) is 11.7 Å². The van der Waals surface area contributed by atoms with Crippen LogP contribution in [0.1, 0.15) is 58.1 Å². The lowest BCUT2D eigenvalue weighted by Crippen LogP contribution is -2.35. The van der Waals surface area contributed by atoms with E-state index in [-0.39, 0.29) is 16.5 Å². The monoisotopic (exact) mass is 312 g/mol. The molecule has 0 saturated heterocycles. The van der Waals surface area contributed by atoms with E-state index in [4.69, 9.17) is 5.73 Å². The summed E-state index contributed by atoms with van der Waals surface area (Å²) in [5.74, 6) is 0.395. The van der Waals surface area contributed by atoms with Gasteiger partial charge in [-0.3, -0.25) is 0 Å². The molecule has 3 nitrogen and oxygen atoms in total. The third-order valence-corrected chi connectivity index (χ3v) is 5.40. The number of benzene rings is 1. The Hall–Kier alpha value is -0.940. The van der Waals surface area contributed by atoms with Crippen LogP contribution >= 0.6 is 0 Å². The minimum atomic E-state index is -1.16. The first kappa shape index (κ1) is 16.4. The van der Waals surface area contributed by atoms with Gasteiger partial charge in [0.05, 0.1) is 21.4 Å². The molecule has 1 aliphatic carbocycles. The van der Waals surface area contributed by atoms with Gasteiger partial charge in [-0.2, -0.15) is 0 Å². The third kappa shape index (κ3) is 4.78. The van der Waals surface area contributed by atoms with Crippen molar-refractivity contribution in [1.29, 1.82) is 0 Å². The topological polar surface area (TPSA) is 55.1 Å². The van der Waals surface area contributed by atoms with Crippen molar-refractivity contribution in [3.05, 3.63) is 29.6 Å². The molecule has 2 atom stereocenters. The minimum absolute atomic E-state index is 0.0476. The van der Waals surface area contributed by atoms with Crippen LogP contribution in [0.15, 0.2) is 18.2 Å². The fraction of sp³-hybridized carbons (Fsp3) is 0.625. The van der Waals surface area contributed by atoms with Crippen LogP contribution in [-0.2, 0) is 11.0 Å². The lowest BCUT2D eigenvalue weighted by molar-refractivity contribution is 0.530. The lowest BCUT2D eigenvalue weighted by atomic mass is 10.0. The van der Waals surface area contributed by atoms with Gasteiger partial charge in [0, 0.05) is 6.04 Å². The largest absolute Gasteiger partial charge is 0.396 e. The Labute approximate surface area is 129 Å². The predicted octanol–water partition coefficient (Wildman–Crippen LogP) is 3.69. The van der Waals surface area contributed by atoms with Crippen molar-refractivity contribution in [3.63, 3.8) is 0 Å². The standard InChI is InChI=1S/C16H25FN2OS/c1-16(2,3)21(20)19-15(9-6-11-4-5-11)12-7-8-13(17)14(18)10-12/h7-8,10-11,15,19H,4-6,9,18H2,1-3H3/t15-,21?/m0/s1. The highest BCUT2D eigenvalue weighted by molar-refractivity contribution is 7.84. The number of hydrogen-bond acceptors (Lipinski definition) is 2. The molecule has 1 aromatic carbocycles. The molecule has 1 unspecified atom stereocenters. The summed E-state index contributed by atoms with van der Waals surface area (Å²) in [5, 5.41) is 0. The normalized spacial score (nSPS) is 18.5. The van der Waals surface area contributed by atoms with E-state index in [2.05, 4.69) is 4.72 Å². The van der Waals surface area contributed by atoms with Crippen molar-refractivity contribution in [2.24, 2.45) is 5.92 Å². The highest BCUT2D eigenvalue weighted by atomic mass is 32.2. The highest BCUT2D eigenvalue weighted by Gasteiger charge is 2.27. The Kier molecular flexibility index (Phi) is 5.04. The van der Waals surface area contributed by atoms with Crippen LogP contribution in [0.25, 0.3) is 0 Å². The van der Waals surface area contributed by atoms with Crippen molar-refractivity contribution in [2.75, 3.05) is 5.73 Å². The van der Waals surface area contributed by atoms with E-state index in [1.807, 2.05) is 20.8 Å². The van der Waals surface area contributed by atoms with Gasteiger partial charge >= 0.3 is 0 Å². The van der Waals surface area contributed by atoms with Gasteiger partial charge in [0.1, 0.15) is 5.82 Å². The van der Waals surface area contributed by atoms with Gasteiger partial charge < -0.3 is 5.73 Å². The second kappa shape index (κ2) is 6.44. The second-order valence-electron chi connectivity index (χ2n) is 6.85. The summed E-state index contributed by atoms with van der Waals surface area (Å²) in [5.41, 5.74) is 6.72. The molecule has 118 valence electrons. The molecular weight excluding hydrogens is 287 g/mol. The van der Waals surface area contributed by atoms with Gasteiger partial charge in [-0.15, -0.1) is 0 Å². The second-order valence-corrected chi connectivity index (χ2v) is 8.85. The van der Waals surface area contributed by atoms with Crippen molar-refractivity contribution >= 4 is 16.7 Å². The Bertz CT molecular complexity index is 523. The molecule has 0 spiro atoms. The molecule has 0 amide bonds. The summed E-state index contributed by atoms with van der Waals surface area (Å²) in [7, 11) is -1.16. The molecule has 0 aliphatic heterocycles. The number of anilines is 1. The summed E-state index contributed by atoms with van der Waals surface area (Å²) < 4.78 is 28.6. The average Bonchev–Trinajstić information content (AvgIpc) is 3.20. The molecule has 1 aliphatic rings. The van der Waals surface area contributed by atoms with E-state index in [1.54, 1.807) is 12.1 Å². The Morgan fingerprint density at radius 1 is 1.43 bits per heavy atom. The maximum absolute atomic E-state index is 13.3. The molecule has 1 aromatic rings. The van der Waals surface area contributed by atoms with Crippen molar-refractivity contribution < 1.29 is 8.60 Å². The van der Waals surface area contributed by atoms with Gasteiger partial charge in [0.15, 0.2) is 0 Å². The van der Waals surface area contributed by atoms with Gasteiger partial charge in [-0.25, -0.2) is 13.3 Å². The van der Waals surface area contributed by atoms with Crippen LogP contribution < -0.4 is 10.5 Å². The Morgan fingerprint density at radius 3 is 2.62 bits per heavy atom. The van der Waals surface area contributed by atoms with Gasteiger partial charge in [-0.05, 0) is 57.2 Å². The molecule has 0 heterocycles. The summed E-state index contributed by atoms with van der Waals surface area (Å²) in [6.07, 6.45) is 4.59. The summed E-state index contributed by atoms with van der Waals surface area (Å²) in [4.78, 5) is 0. The fourth-order valence-electron chi connectivity index (χ4n) is 2.19. The van der Waals surface area contributed by atoms with Gasteiger partial charge in [0.2, 0.25) is 0 Å². The van der Waals surface area contributed by atoms with Gasteiger partial charge in [-0.1, -0.05) is 18.9 Å². The van der Waals surface area contributed by atoms with E-state index in [1.165, 1.54) is 18.9 Å². The van der Waals surface area contributed by atoms with E-state index in [0.29, 0.717) is 0 Å². The zero-order chi connectivity index (χ0) is 15.6. The molecule has 3 N–H and O–H groups in total. The van der Waals surface area contributed by atoms with E-state index in [9.17, 15) is 8.60 Å². The number of nitrogens with two attached hydrogens (primary N) is 1. The summed E-state index contributed by atoms with van der Waals surface area (Å²) in [6.45, 7) is 5.81. The molecule has 0 bridgehead atoms. The smallest absolute Gasteiger partial charge is 0.146 e. The molecule has 1 saturated carbocycles. The van der Waals surface area contributed by atoms with Crippen molar-refractivity contribution in [1.82, 2.24) is 4.72 Å². The van der Waals surface area contributed by atoms with Crippen molar-refractivity contribution in [2.45, 2.75) is 57.2 Å².